The Morgan fingerprint density at radius 2 is 1.75 bits per heavy atom. The minimum atomic E-state index is -3.55. The molecule has 3 atom stereocenters. The number of sulfonamides is 1. The zero-order valence-electron chi connectivity index (χ0n) is 14.2. The number of ether oxygens (including phenoxy) is 2. The lowest BCUT2D eigenvalue weighted by Crippen LogP contribution is -2.33. The summed E-state index contributed by atoms with van der Waals surface area (Å²) in [5, 5.41) is 0. The lowest BCUT2D eigenvalue weighted by Gasteiger charge is -2.21. The maximum Gasteiger partial charge on any atom is 0.243 e. The molecule has 24 heavy (non-hydrogen) atoms. The predicted octanol–water partition coefficient (Wildman–Crippen LogP) is 1.79. The lowest BCUT2D eigenvalue weighted by atomic mass is 9.98. The van der Waals surface area contributed by atoms with Crippen LogP contribution in [0.15, 0.2) is 17.0 Å². The summed E-state index contributed by atoms with van der Waals surface area (Å²) in [4.78, 5) is 0.281. The smallest absolute Gasteiger partial charge is 0.243 e. The minimum absolute atomic E-state index is 0. The number of nitrogens with zero attached hydrogens (tertiary/aromatic N) is 1. The van der Waals surface area contributed by atoms with Crippen LogP contribution >= 0.6 is 12.4 Å². The van der Waals surface area contributed by atoms with Gasteiger partial charge in [0.1, 0.15) is 0 Å². The first-order valence-corrected chi connectivity index (χ1v) is 9.30. The van der Waals surface area contributed by atoms with Crippen LogP contribution in [0.2, 0.25) is 0 Å². The van der Waals surface area contributed by atoms with Gasteiger partial charge in [0.15, 0.2) is 11.5 Å². The molecular formula is C16H25ClN2O4S. The molecule has 0 amide bonds. The zero-order valence-corrected chi connectivity index (χ0v) is 15.8. The van der Waals surface area contributed by atoms with Crippen molar-refractivity contribution in [3.05, 3.63) is 17.7 Å². The van der Waals surface area contributed by atoms with E-state index in [0.29, 0.717) is 36.1 Å². The summed E-state index contributed by atoms with van der Waals surface area (Å²) in [6.07, 6.45) is 2.02. The Kier molecular flexibility index (Phi) is 5.69. The van der Waals surface area contributed by atoms with E-state index in [2.05, 4.69) is 0 Å². The molecule has 1 saturated heterocycles. The fourth-order valence-corrected chi connectivity index (χ4v) is 5.60. The van der Waals surface area contributed by atoms with Crippen molar-refractivity contribution in [2.24, 2.45) is 17.6 Å². The predicted molar refractivity (Wildman–Crippen MR) is 94.5 cm³/mol. The van der Waals surface area contributed by atoms with Crippen LogP contribution in [0.5, 0.6) is 11.5 Å². The van der Waals surface area contributed by atoms with Crippen molar-refractivity contribution < 1.29 is 17.9 Å². The van der Waals surface area contributed by atoms with E-state index in [1.807, 2.05) is 0 Å². The number of fused-ring (bicyclic) bond motifs is 1. The molecule has 6 nitrogen and oxygen atoms in total. The van der Waals surface area contributed by atoms with Gasteiger partial charge in [0.25, 0.3) is 0 Å². The average Bonchev–Trinajstić information content (AvgIpc) is 3.09. The Hall–Kier alpha value is -1.02. The van der Waals surface area contributed by atoms with Crippen LogP contribution in [0.1, 0.15) is 18.4 Å². The summed E-state index contributed by atoms with van der Waals surface area (Å²) in [5.74, 6) is 1.63. The van der Waals surface area contributed by atoms with Crippen LogP contribution in [-0.4, -0.2) is 46.1 Å². The van der Waals surface area contributed by atoms with Gasteiger partial charge in [-0.1, -0.05) is 0 Å². The van der Waals surface area contributed by atoms with Crippen molar-refractivity contribution in [1.82, 2.24) is 4.31 Å². The second kappa shape index (κ2) is 7.07. The van der Waals surface area contributed by atoms with Gasteiger partial charge in [0.2, 0.25) is 10.0 Å². The fraction of sp³-hybridized carbons (Fsp3) is 0.625. The highest BCUT2D eigenvalue weighted by Gasteiger charge is 2.45. The maximum absolute atomic E-state index is 13.0. The van der Waals surface area contributed by atoms with Gasteiger partial charge < -0.3 is 15.2 Å². The average molecular weight is 377 g/mol. The number of hydrogen-bond acceptors (Lipinski definition) is 5. The summed E-state index contributed by atoms with van der Waals surface area (Å²) in [6.45, 7) is 2.86. The molecule has 0 bridgehead atoms. The highest BCUT2D eigenvalue weighted by molar-refractivity contribution is 7.89. The van der Waals surface area contributed by atoms with Crippen molar-refractivity contribution in [3.63, 3.8) is 0 Å². The molecule has 0 radical (unpaired) electrons. The van der Waals surface area contributed by atoms with Crippen molar-refractivity contribution in [1.29, 1.82) is 0 Å². The molecule has 0 aromatic heterocycles. The molecule has 1 aliphatic heterocycles. The van der Waals surface area contributed by atoms with Gasteiger partial charge >= 0.3 is 0 Å². The summed E-state index contributed by atoms with van der Waals surface area (Å²) in [5.41, 5.74) is 6.78. The molecule has 1 saturated carbocycles. The van der Waals surface area contributed by atoms with Gasteiger partial charge in [-0.3, -0.25) is 0 Å². The maximum atomic E-state index is 13.0. The molecule has 3 rings (SSSR count). The molecule has 136 valence electrons. The van der Waals surface area contributed by atoms with Crippen LogP contribution in [-0.2, 0) is 10.0 Å². The summed E-state index contributed by atoms with van der Waals surface area (Å²) in [7, 11) is -0.511. The van der Waals surface area contributed by atoms with Crippen LogP contribution in [0.3, 0.4) is 0 Å². The highest BCUT2D eigenvalue weighted by Crippen LogP contribution is 2.41. The normalized spacial score (nSPS) is 26.8. The third-order valence-electron chi connectivity index (χ3n) is 5.18. The number of methoxy groups -OCH3 is 2. The summed E-state index contributed by atoms with van der Waals surface area (Å²) in [6, 6.07) is 3.37. The number of rotatable bonds is 4. The van der Waals surface area contributed by atoms with Gasteiger partial charge in [-0.2, -0.15) is 4.31 Å². The van der Waals surface area contributed by atoms with Crippen molar-refractivity contribution in [2.45, 2.75) is 30.7 Å². The van der Waals surface area contributed by atoms with E-state index >= 15 is 0 Å². The molecule has 2 fully saturated rings. The molecule has 2 aliphatic rings. The third-order valence-corrected chi connectivity index (χ3v) is 7.15. The number of benzene rings is 1. The van der Waals surface area contributed by atoms with Crippen LogP contribution in [0.25, 0.3) is 0 Å². The van der Waals surface area contributed by atoms with E-state index in [4.69, 9.17) is 15.2 Å². The number of hydrogen-bond donors (Lipinski definition) is 1. The highest BCUT2D eigenvalue weighted by atomic mass is 35.5. The van der Waals surface area contributed by atoms with Crippen LogP contribution < -0.4 is 15.2 Å². The summed E-state index contributed by atoms with van der Waals surface area (Å²) < 4.78 is 38.2. The first kappa shape index (κ1) is 19.3. The first-order chi connectivity index (χ1) is 10.9. The van der Waals surface area contributed by atoms with Gasteiger partial charge in [0, 0.05) is 25.2 Å². The molecule has 1 aliphatic carbocycles. The molecule has 1 aromatic rings. The van der Waals surface area contributed by atoms with E-state index in [-0.39, 0.29) is 29.3 Å². The Morgan fingerprint density at radius 1 is 1.12 bits per heavy atom. The van der Waals surface area contributed by atoms with Crippen molar-refractivity contribution in [3.8, 4) is 11.5 Å². The molecular weight excluding hydrogens is 352 g/mol. The minimum Gasteiger partial charge on any atom is -0.493 e. The largest absolute Gasteiger partial charge is 0.493 e. The van der Waals surface area contributed by atoms with Gasteiger partial charge in [-0.15, -0.1) is 12.4 Å². The Labute approximate surface area is 149 Å². The molecule has 8 heteroatoms. The fourth-order valence-electron chi connectivity index (χ4n) is 3.84. The standard InChI is InChI=1S/C16H24N2O4S.ClH/c1-10-6-14(21-2)15(22-3)7-16(10)23(19,20)18-8-11-4-5-13(17)12(11)9-18;/h6-7,11-13H,4-5,8-9,17H2,1-3H3;1H. The van der Waals surface area contributed by atoms with Crippen LogP contribution in [0, 0.1) is 18.8 Å². The molecule has 2 N–H and O–H groups in total. The molecule has 3 unspecified atom stereocenters. The Morgan fingerprint density at radius 3 is 2.33 bits per heavy atom. The second-order valence-corrected chi connectivity index (χ2v) is 8.37. The van der Waals surface area contributed by atoms with Crippen molar-refractivity contribution >= 4 is 22.4 Å². The Balaban J connectivity index is 0.00000208. The van der Waals surface area contributed by atoms with E-state index < -0.39 is 10.0 Å². The number of aryl methyl sites for hydroxylation is 1. The lowest BCUT2D eigenvalue weighted by molar-refractivity contribution is 0.353. The first-order valence-electron chi connectivity index (χ1n) is 7.86. The van der Waals surface area contributed by atoms with Crippen LogP contribution in [0.4, 0.5) is 0 Å². The molecule has 0 spiro atoms. The molecule has 1 heterocycles. The van der Waals surface area contributed by atoms with E-state index in [0.717, 1.165) is 12.8 Å². The summed E-state index contributed by atoms with van der Waals surface area (Å²) >= 11 is 0. The van der Waals surface area contributed by atoms with Gasteiger partial charge in [0.05, 0.1) is 19.1 Å². The Bertz CT molecular complexity index is 710. The van der Waals surface area contributed by atoms with E-state index in [9.17, 15) is 8.42 Å². The second-order valence-electron chi connectivity index (χ2n) is 6.46. The van der Waals surface area contributed by atoms with E-state index in [1.54, 1.807) is 23.4 Å². The SMILES string of the molecule is COc1cc(C)c(S(=O)(=O)N2CC3CCC(N)C3C2)cc1OC.Cl. The van der Waals surface area contributed by atoms with E-state index in [1.165, 1.54) is 14.2 Å². The monoisotopic (exact) mass is 376 g/mol. The van der Waals surface area contributed by atoms with Gasteiger partial charge in [-0.05, 0) is 43.2 Å². The number of halogens is 1. The van der Waals surface area contributed by atoms with Crippen molar-refractivity contribution in [2.75, 3.05) is 27.3 Å². The van der Waals surface area contributed by atoms with Gasteiger partial charge in [-0.25, -0.2) is 8.42 Å². The zero-order chi connectivity index (χ0) is 16.8. The topological polar surface area (TPSA) is 81.9 Å². The quantitative estimate of drug-likeness (QED) is 0.866. The third kappa shape index (κ3) is 3.10. The molecule has 1 aromatic carbocycles. The number of nitrogens with two attached hydrogens (primary N) is 1.